The Morgan fingerprint density at radius 2 is 2.00 bits per heavy atom. The van der Waals surface area contributed by atoms with Gasteiger partial charge in [0.15, 0.2) is 5.76 Å². The molecule has 1 saturated heterocycles. The fourth-order valence-corrected chi connectivity index (χ4v) is 4.30. The molecular formula is C14H14F3N3O4S. The van der Waals surface area contributed by atoms with Crippen LogP contribution in [0.25, 0.3) is 0 Å². The number of hydrogen-bond donors (Lipinski definition) is 0. The van der Waals surface area contributed by atoms with E-state index >= 15 is 0 Å². The van der Waals surface area contributed by atoms with Gasteiger partial charge in [-0.3, -0.25) is 0 Å². The number of pyridine rings is 1. The Morgan fingerprint density at radius 1 is 1.32 bits per heavy atom. The zero-order chi connectivity index (χ0) is 18.4. The third-order valence-electron chi connectivity index (χ3n) is 3.74. The zero-order valence-corrected chi connectivity index (χ0v) is 14.1. The fraction of sp³-hybridized carbons (Fsp3) is 0.429. The Bertz CT molecular complexity index is 869. The summed E-state index contributed by atoms with van der Waals surface area (Å²) >= 11 is 0. The molecule has 0 bridgehead atoms. The van der Waals surface area contributed by atoms with E-state index in [1.165, 1.54) is 20.0 Å². The van der Waals surface area contributed by atoms with Crippen molar-refractivity contribution in [1.82, 2.24) is 14.4 Å². The normalized spacial score (nSPS) is 16.7. The van der Waals surface area contributed by atoms with E-state index in [1.807, 2.05) is 0 Å². The maximum atomic E-state index is 12.9. The predicted octanol–water partition coefficient (Wildman–Crippen LogP) is 2.16. The van der Waals surface area contributed by atoms with Gasteiger partial charge in [-0.1, -0.05) is 5.16 Å². The highest BCUT2D eigenvalue weighted by atomic mass is 32.2. The molecule has 7 nitrogen and oxygen atoms in total. The van der Waals surface area contributed by atoms with Crippen LogP contribution in [0.2, 0.25) is 0 Å². The number of ether oxygens (including phenoxy) is 1. The number of hydrogen-bond acceptors (Lipinski definition) is 6. The Morgan fingerprint density at radius 3 is 2.56 bits per heavy atom. The van der Waals surface area contributed by atoms with E-state index in [0.717, 1.165) is 16.4 Å². The molecule has 3 rings (SSSR count). The first kappa shape index (κ1) is 17.7. The lowest BCUT2D eigenvalue weighted by molar-refractivity contribution is -0.140. The molecule has 1 fully saturated rings. The van der Waals surface area contributed by atoms with Crippen LogP contribution in [0.15, 0.2) is 27.7 Å². The molecular weight excluding hydrogens is 363 g/mol. The Hall–Kier alpha value is -2.14. The van der Waals surface area contributed by atoms with Gasteiger partial charge in [0.1, 0.15) is 22.3 Å². The number of halogens is 3. The third kappa shape index (κ3) is 3.21. The smallest absolute Gasteiger partial charge is 0.421 e. The second kappa shape index (κ2) is 5.99. The molecule has 0 unspecified atom stereocenters. The molecule has 1 aliphatic heterocycles. The van der Waals surface area contributed by atoms with Gasteiger partial charge in [0.05, 0.1) is 13.1 Å². The molecule has 2 aromatic heterocycles. The van der Waals surface area contributed by atoms with Crippen molar-refractivity contribution in [3.05, 3.63) is 35.3 Å². The molecule has 0 radical (unpaired) electrons. The van der Waals surface area contributed by atoms with Crippen LogP contribution in [0.1, 0.15) is 17.0 Å². The molecule has 0 saturated carbocycles. The number of rotatable bonds is 4. The number of aryl methyl sites for hydroxylation is 2. The molecule has 0 N–H and O–H groups in total. The van der Waals surface area contributed by atoms with Gasteiger partial charge in [0.25, 0.3) is 0 Å². The van der Waals surface area contributed by atoms with Gasteiger partial charge in [0, 0.05) is 6.20 Å². The third-order valence-corrected chi connectivity index (χ3v) is 5.81. The first-order valence-electron chi connectivity index (χ1n) is 7.22. The minimum absolute atomic E-state index is 0.0280. The minimum Gasteiger partial charge on any atom is -0.471 e. The van der Waals surface area contributed by atoms with E-state index in [-0.39, 0.29) is 29.4 Å². The zero-order valence-electron chi connectivity index (χ0n) is 13.2. The highest BCUT2D eigenvalue weighted by Gasteiger charge is 2.42. The number of aromatic nitrogens is 2. The van der Waals surface area contributed by atoms with Crippen LogP contribution in [0.4, 0.5) is 13.2 Å². The molecule has 0 amide bonds. The average Bonchev–Trinajstić information content (AvgIpc) is 2.81. The molecule has 3 heterocycles. The van der Waals surface area contributed by atoms with Crippen LogP contribution in [-0.4, -0.2) is 42.1 Å². The molecule has 0 aliphatic carbocycles. The van der Waals surface area contributed by atoms with Crippen molar-refractivity contribution in [2.75, 3.05) is 13.1 Å². The van der Waals surface area contributed by atoms with Gasteiger partial charge in [-0.15, -0.1) is 0 Å². The van der Waals surface area contributed by atoms with Crippen molar-refractivity contribution < 1.29 is 30.8 Å². The number of sulfonamides is 1. The molecule has 11 heteroatoms. The van der Waals surface area contributed by atoms with Crippen LogP contribution in [-0.2, 0) is 16.2 Å². The largest absolute Gasteiger partial charge is 0.471 e. The monoisotopic (exact) mass is 377 g/mol. The van der Waals surface area contributed by atoms with Gasteiger partial charge in [-0.05, 0) is 26.0 Å². The van der Waals surface area contributed by atoms with Gasteiger partial charge in [0.2, 0.25) is 15.9 Å². The second-order valence-corrected chi connectivity index (χ2v) is 7.44. The van der Waals surface area contributed by atoms with Crippen LogP contribution in [0, 0.1) is 13.8 Å². The van der Waals surface area contributed by atoms with E-state index < -0.39 is 33.7 Å². The summed E-state index contributed by atoms with van der Waals surface area (Å²) in [6.45, 7) is 2.81. The summed E-state index contributed by atoms with van der Waals surface area (Å²) in [5.74, 6) is -0.402. The molecule has 2 aromatic rings. The summed E-state index contributed by atoms with van der Waals surface area (Å²) in [4.78, 5) is 3.57. The summed E-state index contributed by atoms with van der Waals surface area (Å²) in [6, 6.07) is 2.02. The quantitative estimate of drug-likeness (QED) is 0.812. The van der Waals surface area contributed by atoms with E-state index in [9.17, 15) is 21.6 Å². The molecule has 0 atom stereocenters. The summed E-state index contributed by atoms with van der Waals surface area (Å²) in [6.07, 6.45) is -4.14. The topological polar surface area (TPSA) is 85.5 Å². The highest BCUT2D eigenvalue weighted by molar-refractivity contribution is 7.89. The fourth-order valence-electron chi connectivity index (χ4n) is 2.50. The number of alkyl halides is 3. The lowest BCUT2D eigenvalue weighted by Gasteiger charge is -2.37. The van der Waals surface area contributed by atoms with Gasteiger partial charge in [-0.2, -0.15) is 17.5 Å². The van der Waals surface area contributed by atoms with Crippen molar-refractivity contribution >= 4 is 10.0 Å². The molecule has 25 heavy (non-hydrogen) atoms. The second-order valence-electron chi connectivity index (χ2n) is 5.57. The molecule has 0 aromatic carbocycles. The Kier molecular flexibility index (Phi) is 4.23. The Balaban J connectivity index is 1.72. The van der Waals surface area contributed by atoms with Gasteiger partial charge in [-0.25, -0.2) is 13.4 Å². The first-order valence-corrected chi connectivity index (χ1v) is 8.66. The van der Waals surface area contributed by atoms with Crippen LogP contribution in [0.5, 0.6) is 5.88 Å². The van der Waals surface area contributed by atoms with Crippen molar-refractivity contribution in [3.8, 4) is 5.88 Å². The van der Waals surface area contributed by atoms with Crippen LogP contribution in [0.3, 0.4) is 0 Å². The van der Waals surface area contributed by atoms with Crippen molar-refractivity contribution in [3.63, 3.8) is 0 Å². The number of nitrogens with zero attached hydrogens (tertiary/aromatic N) is 3. The lowest BCUT2D eigenvalue weighted by atomic mass is 10.2. The maximum absolute atomic E-state index is 12.9. The van der Waals surface area contributed by atoms with Crippen molar-refractivity contribution in [2.45, 2.75) is 31.0 Å². The molecule has 0 spiro atoms. The first-order chi connectivity index (χ1) is 11.6. The van der Waals surface area contributed by atoms with Crippen LogP contribution < -0.4 is 4.74 Å². The molecule has 1 aliphatic rings. The van der Waals surface area contributed by atoms with E-state index in [4.69, 9.17) is 9.26 Å². The van der Waals surface area contributed by atoms with Gasteiger partial charge < -0.3 is 9.26 Å². The Labute approximate surface area is 141 Å². The lowest BCUT2D eigenvalue weighted by Crippen LogP contribution is -2.56. The van der Waals surface area contributed by atoms with E-state index in [2.05, 4.69) is 10.1 Å². The molecule has 136 valence electrons. The summed E-state index contributed by atoms with van der Waals surface area (Å²) in [7, 11) is -3.83. The van der Waals surface area contributed by atoms with Crippen molar-refractivity contribution in [2.24, 2.45) is 0 Å². The predicted molar refractivity (Wildman–Crippen MR) is 78.4 cm³/mol. The summed E-state index contributed by atoms with van der Waals surface area (Å²) < 4.78 is 75.0. The highest BCUT2D eigenvalue weighted by Crippen LogP contribution is 2.36. The average molecular weight is 377 g/mol. The maximum Gasteiger partial charge on any atom is 0.421 e. The van der Waals surface area contributed by atoms with E-state index in [0.29, 0.717) is 0 Å². The van der Waals surface area contributed by atoms with Crippen molar-refractivity contribution in [1.29, 1.82) is 0 Å². The minimum atomic E-state index is -4.60. The summed E-state index contributed by atoms with van der Waals surface area (Å²) in [5, 5.41) is 3.60. The van der Waals surface area contributed by atoms with Gasteiger partial charge >= 0.3 is 6.18 Å². The summed E-state index contributed by atoms with van der Waals surface area (Å²) in [5.41, 5.74) is -0.770. The van der Waals surface area contributed by atoms with Crippen LogP contribution >= 0.6 is 0 Å². The van der Waals surface area contributed by atoms with E-state index in [1.54, 1.807) is 0 Å². The SMILES string of the molecule is Cc1noc(C)c1S(=O)(=O)N1CC(Oc2ncccc2C(F)(F)F)C1. The standard InChI is InChI=1S/C14H14F3N3O4S/c1-8-12(9(2)24-19-8)25(21,22)20-6-10(7-20)23-13-11(14(15,16)17)4-3-5-18-13/h3-5,10H,6-7H2,1-2H3.